The first kappa shape index (κ1) is 27.4. The average molecular weight is 421 g/mol. The van der Waals surface area contributed by atoms with Gasteiger partial charge in [0.2, 0.25) is 12.3 Å². The largest absolute Gasteiger partial charge is 0.496 e. The number of benzene rings is 1. The van der Waals surface area contributed by atoms with Gasteiger partial charge in [-0.1, -0.05) is 32.8 Å². The van der Waals surface area contributed by atoms with Gasteiger partial charge < -0.3 is 20.1 Å². The van der Waals surface area contributed by atoms with Gasteiger partial charge in [0.1, 0.15) is 5.75 Å². The second-order valence-electron chi connectivity index (χ2n) is 7.92. The second-order valence-corrected chi connectivity index (χ2v) is 7.92. The first-order valence-corrected chi connectivity index (χ1v) is 9.76. The molecule has 1 aliphatic rings. The Morgan fingerprint density at radius 1 is 1.40 bits per heavy atom. The number of likely N-dealkylation sites (tertiary alicyclic amines) is 1. The van der Waals surface area contributed by atoms with Crippen molar-refractivity contribution in [3.8, 4) is 17.6 Å². The van der Waals surface area contributed by atoms with E-state index in [1.54, 1.807) is 18.9 Å². The molecule has 1 aromatic rings. The molecule has 0 spiro atoms. The second kappa shape index (κ2) is 14.4. The number of hydrogen-bond donors (Lipinski definition) is 4. The van der Waals surface area contributed by atoms with E-state index < -0.39 is 0 Å². The molecule has 1 aliphatic heterocycles. The van der Waals surface area contributed by atoms with E-state index in [-0.39, 0.29) is 17.4 Å². The fraction of sp³-hybridized carbons (Fsp3) is 0.545. The zero-order valence-electron chi connectivity index (χ0n) is 18.7. The minimum Gasteiger partial charge on any atom is -0.496 e. The Hall–Kier alpha value is -2.60. The molecular weight excluding hydrogens is 384 g/mol. The summed E-state index contributed by atoms with van der Waals surface area (Å²) in [6.07, 6.45) is 1.67. The number of β-amino-alcohol motifs (C(OH)–C–C–N with tert-alkyl or cyclic N) is 1. The van der Waals surface area contributed by atoms with E-state index in [9.17, 15) is 14.7 Å². The summed E-state index contributed by atoms with van der Waals surface area (Å²) < 4.78 is 5.21. The number of amides is 2. The number of ether oxygens (including phenoxy) is 1. The SMILES string of the molecule is CC#Cc1ccc(CNC=O)c(OC)c1.CC(C)(C)CC(=O)N1CCC(O)C1.NN. The van der Waals surface area contributed by atoms with Crippen molar-refractivity contribution in [2.45, 2.75) is 53.2 Å². The number of nitrogens with one attached hydrogen (secondary N) is 1. The summed E-state index contributed by atoms with van der Waals surface area (Å²) in [5.41, 5.74) is 1.89. The zero-order chi connectivity index (χ0) is 23.2. The number of hydrazine groups is 1. The minimum absolute atomic E-state index is 0.0463. The lowest BCUT2D eigenvalue weighted by atomic mass is 9.92. The molecule has 168 valence electrons. The molecule has 1 aromatic carbocycles. The molecule has 1 heterocycles. The Kier molecular flexibility index (Phi) is 13.1. The number of nitrogens with two attached hydrogens (primary N) is 2. The highest BCUT2D eigenvalue weighted by Gasteiger charge is 2.27. The van der Waals surface area contributed by atoms with Crippen molar-refractivity contribution in [3.63, 3.8) is 0 Å². The van der Waals surface area contributed by atoms with Gasteiger partial charge >= 0.3 is 0 Å². The van der Waals surface area contributed by atoms with Crippen molar-refractivity contribution in [3.05, 3.63) is 29.3 Å². The molecule has 0 bridgehead atoms. The van der Waals surface area contributed by atoms with Crippen molar-refractivity contribution < 1.29 is 19.4 Å². The van der Waals surface area contributed by atoms with Gasteiger partial charge in [-0.25, -0.2) is 0 Å². The van der Waals surface area contributed by atoms with Crippen LogP contribution in [0.25, 0.3) is 0 Å². The standard InChI is InChI=1S/C12H13NO2.C10H19NO2.H4N2/c1-3-4-10-5-6-11(8-13-9-14)12(7-10)15-2;1-10(2,3)6-9(13)11-5-4-8(12)7-11;1-2/h5-7,9H,8H2,1-2H3,(H,13,14);8,12H,4-7H2,1-3H3;1-2H2. The predicted octanol–water partition coefficient (Wildman–Crippen LogP) is 1.15. The van der Waals surface area contributed by atoms with E-state index in [4.69, 9.17) is 4.74 Å². The molecule has 30 heavy (non-hydrogen) atoms. The van der Waals surface area contributed by atoms with Crippen molar-refractivity contribution in [1.29, 1.82) is 0 Å². The van der Waals surface area contributed by atoms with Gasteiger partial charge in [0, 0.05) is 37.2 Å². The summed E-state index contributed by atoms with van der Waals surface area (Å²) in [5.74, 6) is 14.7. The van der Waals surface area contributed by atoms with Gasteiger partial charge in [-0.3, -0.25) is 21.3 Å². The summed E-state index contributed by atoms with van der Waals surface area (Å²) in [7, 11) is 1.60. The highest BCUT2D eigenvalue weighted by molar-refractivity contribution is 5.77. The maximum absolute atomic E-state index is 11.6. The summed E-state index contributed by atoms with van der Waals surface area (Å²) >= 11 is 0. The molecule has 2 rings (SSSR count). The Labute approximate surface area is 179 Å². The van der Waals surface area contributed by atoms with Gasteiger partial charge in [-0.15, -0.1) is 5.92 Å². The van der Waals surface area contributed by atoms with Gasteiger partial charge in [-0.2, -0.15) is 0 Å². The fourth-order valence-electron chi connectivity index (χ4n) is 2.80. The average Bonchev–Trinajstić information content (AvgIpc) is 3.14. The Bertz CT molecular complexity index is 720. The number of nitrogens with zero attached hydrogens (tertiary/aromatic N) is 1. The van der Waals surface area contributed by atoms with Crippen molar-refractivity contribution in [2.75, 3.05) is 20.2 Å². The van der Waals surface area contributed by atoms with Crippen molar-refractivity contribution in [1.82, 2.24) is 10.2 Å². The molecule has 6 N–H and O–H groups in total. The van der Waals surface area contributed by atoms with Crippen molar-refractivity contribution in [2.24, 2.45) is 17.1 Å². The molecule has 1 fully saturated rings. The number of aliphatic hydroxyl groups excluding tert-OH is 1. The lowest BCUT2D eigenvalue weighted by Crippen LogP contribution is -2.32. The van der Waals surface area contributed by atoms with Crippen LogP contribution in [0.1, 0.15) is 51.7 Å². The fourth-order valence-corrected chi connectivity index (χ4v) is 2.80. The van der Waals surface area contributed by atoms with E-state index >= 15 is 0 Å². The van der Waals surface area contributed by atoms with E-state index in [2.05, 4.69) is 49.6 Å². The van der Waals surface area contributed by atoms with Crippen LogP contribution in [0.2, 0.25) is 0 Å². The van der Waals surface area contributed by atoms with Crippen LogP contribution in [0, 0.1) is 17.3 Å². The predicted molar refractivity (Wildman–Crippen MR) is 118 cm³/mol. The molecule has 1 unspecified atom stereocenters. The summed E-state index contributed by atoms with van der Waals surface area (Å²) in [4.78, 5) is 23.6. The molecule has 0 aliphatic carbocycles. The number of carbonyl (C=O) groups excluding carboxylic acids is 2. The molecular formula is C22H36N4O4. The topological polar surface area (TPSA) is 131 Å². The van der Waals surface area contributed by atoms with Crippen LogP contribution in [0.4, 0.5) is 0 Å². The summed E-state index contributed by atoms with van der Waals surface area (Å²) in [6, 6.07) is 5.66. The normalized spacial score (nSPS) is 14.8. The van der Waals surface area contributed by atoms with Crippen LogP contribution in [0.5, 0.6) is 5.75 Å². The molecule has 1 atom stereocenters. The minimum atomic E-state index is -0.302. The zero-order valence-corrected chi connectivity index (χ0v) is 18.7. The maximum atomic E-state index is 11.6. The molecule has 0 aromatic heterocycles. The van der Waals surface area contributed by atoms with Crippen LogP contribution in [-0.2, 0) is 16.1 Å². The maximum Gasteiger partial charge on any atom is 0.223 e. The van der Waals surface area contributed by atoms with Crippen LogP contribution < -0.4 is 21.7 Å². The highest BCUT2D eigenvalue weighted by Crippen LogP contribution is 2.22. The first-order valence-electron chi connectivity index (χ1n) is 9.76. The van der Waals surface area contributed by atoms with Crippen LogP contribution in [-0.4, -0.2) is 48.6 Å². The quantitative estimate of drug-likeness (QED) is 0.245. The smallest absolute Gasteiger partial charge is 0.223 e. The van der Waals surface area contributed by atoms with Gasteiger partial charge in [0.25, 0.3) is 0 Å². The van der Waals surface area contributed by atoms with E-state index in [0.717, 1.165) is 29.8 Å². The van der Waals surface area contributed by atoms with Crippen LogP contribution in [0.15, 0.2) is 18.2 Å². The van der Waals surface area contributed by atoms with Crippen LogP contribution >= 0.6 is 0 Å². The molecule has 0 radical (unpaired) electrons. The number of methoxy groups -OCH3 is 1. The van der Waals surface area contributed by atoms with E-state index in [0.29, 0.717) is 25.9 Å². The monoisotopic (exact) mass is 420 g/mol. The number of carbonyl (C=O) groups is 2. The molecule has 0 saturated carbocycles. The summed E-state index contributed by atoms with van der Waals surface area (Å²) in [5, 5.41) is 11.8. The Balaban J connectivity index is 0.000000522. The van der Waals surface area contributed by atoms with E-state index in [1.165, 1.54) is 0 Å². The lowest BCUT2D eigenvalue weighted by Gasteiger charge is -2.22. The lowest BCUT2D eigenvalue weighted by molar-refractivity contribution is -0.132. The highest BCUT2D eigenvalue weighted by atomic mass is 16.5. The first-order chi connectivity index (χ1) is 14.2. The summed E-state index contributed by atoms with van der Waals surface area (Å²) in [6.45, 7) is 9.65. The van der Waals surface area contributed by atoms with Crippen LogP contribution in [0.3, 0.4) is 0 Å². The molecule has 8 nitrogen and oxygen atoms in total. The van der Waals surface area contributed by atoms with Gasteiger partial charge in [0.15, 0.2) is 0 Å². The third-order valence-corrected chi connectivity index (χ3v) is 4.13. The number of rotatable bonds is 5. The third kappa shape index (κ3) is 10.8. The Morgan fingerprint density at radius 3 is 2.53 bits per heavy atom. The molecule has 8 heteroatoms. The number of aliphatic hydroxyl groups is 1. The van der Waals surface area contributed by atoms with E-state index in [1.807, 2.05) is 18.2 Å². The van der Waals surface area contributed by atoms with Gasteiger partial charge in [0.05, 0.1) is 13.2 Å². The Morgan fingerprint density at radius 2 is 2.07 bits per heavy atom. The van der Waals surface area contributed by atoms with Gasteiger partial charge in [-0.05, 0) is 30.9 Å². The molecule has 1 saturated heterocycles. The van der Waals surface area contributed by atoms with Crippen molar-refractivity contribution >= 4 is 12.3 Å². The third-order valence-electron chi connectivity index (χ3n) is 4.13. The number of hydrogen-bond acceptors (Lipinski definition) is 6. The molecule has 2 amide bonds.